The second kappa shape index (κ2) is 6.41. The molecule has 5 heteroatoms. The molecule has 1 N–H and O–H groups in total. The highest BCUT2D eigenvalue weighted by Gasteiger charge is 2.25. The van der Waals surface area contributed by atoms with Crippen molar-refractivity contribution in [1.29, 1.82) is 0 Å². The van der Waals surface area contributed by atoms with Crippen molar-refractivity contribution in [3.8, 4) is 22.4 Å². The minimum Gasteiger partial charge on any atom is -0.324 e. The molecule has 0 bridgehead atoms. The number of aryl methyl sites for hydroxylation is 2. The van der Waals surface area contributed by atoms with Crippen LogP contribution in [0.4, 0.5) is 5.69 Å². The molecule has 0 radical (unpaired) electrons. The van der Waals surface area contributed by atoms with Gasteiger partial charge in [0.15, 0.2) is 0 Å². The van der Waals surface area contributed by atoms with Gasteiger partial charge in [-0.1, -0.05) is 42.5 Å². The van der Waals surface area contributed by atoms with Crippen molar-refractivity contribution in [3.63, 3.8) is 0 Å². The number of nitrogens with one attached hydrogen (secondary N) is 1. The van der Waals surface area contributed by atoms with E-state index in [1.807, 2.05) is 68.4 Å². The Bertz CT molecular complexity index is 1370. The highest BCUT2D eigenvalue weighted by Crippen LogP contribution is 2.44. The van der Waals surface area contributed by atoms with Crippen LogP contribution in [0.1, 0.15) is 11.1 Å². The van der Waals surface area contributed by atoms with E-state index < -0.39 is 0 Å². The van der Waals surface area contributed by atoms with E-state index in [1.165, 1.54) is 4.68 Å². The molecule has 3 aromatic carbocycles. The molecule has 4 aromatic rings. The molecule has 0 fully saturated rings. The van der Waals surface area contributed by atoms with Crippen LogP contribution in [0.15, 0.2) is 65.5 Å². The van der Waals surface area contributed by atoms with Gasteiger partial charge >= 0.3 is 0 Å². The van der Waals surface area contributed by atoms with Crippen LogP contribution >= 0.6 is 0 Å². The Kier molecular flexibility index (Phi) is 3.84. The first-order valence-electron chi connectivity index (χ1n) is 9.53. The standard InChI is InChI=1S/C24H19N3O2/c1-14-10-11-16(12-15(14)2)25-21(28)13-27-24(29)20-9-5-8-18-17-6-3-4-7-19(17)23(26-27)22(18)20/h3-12H,13H2,1-2H3,(H,25,28). The first-order valence-corrected chi connectivity index (χ1v) is 9.53. The van der Waals surface area contributed by atoms with E-state index in [-0.39, 0.29) is 18.0 Å². The Morgan fingerprint density at radius 3 is 2.48 bits per heavy atom. The van der Waals surface area contributed by atoms with Crippen LogP contribution in [0, 0.1) is 13.8 Å². The lowest BCUT2D eigenvalue weighted by Gasteiger charge is -2.10. The molecule has 0 saturated carbocycles. The molecular weight excluding hydrogens is 362 g/mol. The summed E-state index contributed by atoms with van der Waals surface area (Å²) in [5.74, 6) is -0.281. The second-order valence-electron chi connectivity index (χ2n) is 7.43. The van der Waals surface area contributed by atoms with Crippen molar-refractivity contribution >= 4 is 22.4 Å². The highest BCUT2D eigenvalue weighted by molar-refractivity contribution is 6.13. The number of rotatable bonds is 3. The van der Waals surface area contributed by atoms with Gasteiger partial charge in [0.2, 0.25) is 5.91 Å². The second-order valence-corrected chi connectivity index (χ2v) is 7.43. The van der Waals surface area contributed by atoms with Crippen molar-refractivity contribution in [2.45, 2.75) is 20.4 Å². The minimum absolute atomic E-state index is 0.138. The molecule has 1 heterocycles. The summed E-state index contributed by atoms with van der Waals surface area (Å²) in [6.07, 6.45) is 0. The van der Waals surface area contributed by atoms with Crippen molar-refractivity contribution in [3.05, 3.63) is 82.1 Å². The van der Waals surface area contributed by atoms with E-state index in [4.69, 9.17) is 0 Å². The Balaban J connectivity index is 1.55. The summed E-state index contributed by atoms with van der Waals surface area (Å²) in [6.45, 7) is 3.88. The third kappa shape index (κ3) is 2.74. The van der Waals surface area contributed by atoms with E-state index in [2.05, 4.69) is 10.4 Å². The zero-order chi connectivity index (χ0) is 20.1. The molecule has 0 unspecified atom stereocenters. The van der Waals surface area contributed by atoms with Gasteiger partial charge in [-0.3, -0.25) is 9.59 Å². The monoisotopic (exact) mass is 381 g/mol. The largest absolute Gasteiger partial charge is 0.324 e. The molecule has 142 valence electrons. The van der Waals surface area contributed by atoms with Gasteiger partial charge in [-0.05, 0) is 54.3 Å². The molecular formula is C24H19N3O2. The summed E-state index contributed by atoms with van der Waals surface area (Å²) >= 11 is 0. The van der Waals surface area contributed by atoms with Gasteiger partial charge in [0, 0.05) is 16.6 Å². The highest BCUT2D eigenvalue weighted by atomic mass is 16.2. The third-order valence-corrected chi connectivity index (χ3v) is 5.54. The lowest BCUT2D eigenvalue weighted by atomic mass is 10.0. The third-order valence-electron chi connectivity index (χ3n) is 5.54. The predicted molar refractivity (Wildman–Crippen MR) is 115 cm³/mol. The van der Waals surface area contributed by atoms with Crippen LogP contribution in [-0.4, -0.2) is 15.7 Å². The number of benzene rings is 3. The lowest BCUT2D eigenvalue weighted by Crippen LogP contribution is -2.30. The fourth-order valence-electron chi connectivity index (χ4n) is 3.94. The van der Waals surface area contributed by atoms with Crippen LogP contribution in [0.2, 0.25) is 0 Å². The molecule has 1 aliphatic carbocycles. The molecule has 1 amide bonds. The lowest BCUT2D eigenvalue weighted by molar-refractivity contribution is -0.117. The van der Waals surface area contributed by atoms with Crippen LogP contribution in [0.3, 0.4) is 0 Å². The maximum Gasteiger partial charge on any atom is 0.275 e. The van der Waals surface area contributed by atoms with Gasteiger partial charge in [-0.2, -0.15) is 5.10 Å². The summed E-state index contributed by atoms with van der Waals surface area (Å²) < 4.78 is 1.26. The fraction of sp³-hybridized carbons (Fsp3) is 0.125. The Morgan fingerprint density at radius 1 is 0.931 bits per heavy atom. The first kappa shape index (κ1) is 17.4. The zero-order valence-electron chi connectivity index (χ0n) is 16.2. The van der Waals surface area contributed by atoms with Gasteiger partial charge in [-0.25, -0.2) is 4.68 Å². The Hall–Kier alpha value is -3.73. The molecule has 0 saturated heterocycles. The zero-order valence-corrected chi connectivity index (χ0v) is 16.2. The van der Waals surface area contributed by atoms with E-state index in [1.54, 1.807) is 6.07 Å². The number of fused-ring (bicyclic) bond motifs is 3. The molecule has 5 nitrogen and oxygen atoms in total. The van der Waals surface area contributed by atoms with Crippen molar-refractivity contribution in [1.82, 2.24) is 9.78 Å². The van der Waals surface area contributed by atoms with E-state index in [9.17, 15) is 9.59 Å². The van der Waals surface area contributed by atoms with Crippen LogP contribution in [-0.2, 0) is 11.3 Å². The summed E-state index contributed by atoms with van der Waals surface area (Å²) in [4.78, 5) is 25.6. The van der Waals surface area contributed by atoms with Crippen molar-refractivity contribution in [2.24, 2.45) is 0 Å². The number of hydrogen-bond donors (Lipinski definition) is 1. The Labute approximate surface area is 167 Å². The van der Waals surface area contributed by atoms with Gasteiger partial charge in [0.25, 0.3) is 5.56 Å². The number of anilines is 1. The first-order chi connectivity index (χ1) is 14.0. The molecule has 0 aliphatic heterocycles. The summed E-state index contributed by atoms with van der Waals surface area (Å²) in [5, 5.41) is 8.88. The van der Waals surface area contributed by atoms with Gasteiger partial charge in [-0.15, -0.1) is 0 Å². The number of aromatic nitrogens is 2. The van der Waals surface area contributed by atoms with E-state index in [0.717, 1.165) is 38.9 Å². The Morgan fingerprint density at radius 2 is 1.69 bits per heavy atom. The fourth-order valence-corrected chi connectivity index (χ4v) is 3.94. The summed E-state index contributed by atoms with van der Waals surface area (Å²) in [6, 6.07) is 19.4. The topological polar surface area (TPSA) is 64.0 Å². The quantitative estimate of drug-likeness (QED) is 0.507. The average molecular weight is 381 g/mol. The molecule has 0 spiro atoms. The van der Waals surface area contributed by atoms with Crippen LogP contribution < -0.4 is 10.9 Å². The SMILES string of the molecule is Cc1ccc(NC(=O)Cn2nc3c4c(cccc4c2=O)-c2ccccc2-3)cc1C. The maximum atomic E-state index is 13.0. The molecule has 1 aromatic heterocycles. The van der Waals surface area contributed by atoms with Gasteiger partial charge in [0.1, 0.15) is 12.2 Å². The van der Waals surface area contributed by atoms with Crippen LogP contribution in [0.25, 0.3) is 33.2 Å². The van der Waals surface area contributed by atoms with E-state index in [0.29, 0.717) is 11.1 Å². The number of nitrogens with zero attached hydrogens (tertiary/aromatic N) is 2. The van der Waals surface area contributed by atoms with Gasteiger partial charge < -0.3 is 5.32 Å². The normalized spacial score (nSPS) is 11.5. The summed E-state index contributed by atoms with van der Waals surface area (Å²) in [5.41, 5.74) is 6.54. The minimum atomic E-state index is -0.281. The van der Waals surface area contributed by atoms with Crippen molar-refractivity contribution in [2.75, 3.05) is 5.32 Å². The predicted octanol–water partition coefficient (Wildman–Crippen LogP) is 4.30. The summed E-state index contributed by atoms with van der Waals surface area (Å²) in [7, 11) is 0. The van der Waals surface area contributed by atoms with E-state index >= 15 is 0 Å². The number of carbonyl (C=O) groups is 1. The van der Waals surface area contributed by atoms with Gasteiger partial charge in [0.05, 0.1) is 5.39 Å². The van der Waals surface area contributed by atoms with Crippen LogP contribution in [0.5, 0.6) is 0 Å². The smallest absolute Gasteiger partial charge is 0.275 e. The van der Waals surface area contributed by atoms with Crippen molar-refractivity contribution < 1.29 is 4.79 Å². The molecule has 0 atom stereocenters. The average Bonchev–Trinajstić information content (AvgIpc) is 3.03. The number of hydrogen-bond acceptors (Lipinski definition) is 3. The maximum absolute atomic E-state index is 13.0. The molecule has 5 rings (SSSR count). The molecule has 29 heavy (non-hydrogen) atoms. The molecule has 1 aliphatic rings. The number of amides is 1. The number of carbonyl (C=O) groups excluding carboxylic acids is 1.